The first kappa shape index (κ1) is 17.5. The Morgan fingerprint density at radius 2 is 2.00 bits per heavy atom. The van der Waals surface area contributed by atoms with E-state index in [2.05, 4.69) is 42.7 Å². The maximum absolute atomic E-state index is 12.0. The molecule has 2 bridgehead atoms. The van der Waals surface area contributed by atoms with Gasteiger partial charge in [0.05, 0.1) is 19.4 Å². The Labute approximate surface area is 166 Å². The number of imidazole rings is 1. The van der Waals surface area contributed by atoms with Gasteiger partial charge in [0.15, 0.2) is 11.5 Å². The van der Waals surface area contributed by atoms with Crippen molar-refractivity contribution in [3.05, 3.63) is 42.7 Å². The van der Waals surface area contributed by atoms with Crippen LogP contribution in [-0.4, -0.2) is 39.0 Å². The van der Waals surface area contributed by atoms with Crippen molar-refractivity contribution >= 4 is 34.5 Å². The Kier molecular flexibility index (Phi) is 4.08. The van der Waals surface area contributed by atoms with Gasteiger partial charge in [0, 0.05) is 11.7 Å². The van der Waals surface area contributed by atoms with Crippen LogP contribution >= 0.6 is 0 Å². The lowest BCUT2D eigenvalue weighted by atomic mass is 9.88. The van der Waals surface area contributed by atoms with Crippen LogP contribution in [0.3, 0.4) is 0 Å². The van der Waals surface area contributed by atoms with Crippen LogP contribution in [0.2, 0.25) is 0 Å². The van der Waals surface area contributed by atoms with Crippen molar-refractivity contribution in [2.45, 2.75) is 12.5 Å². The van der Waals surface area contributed by atoms with Crippen LogP contribution in [0.1, 0.15) is 6.42 Å². The normalized spacial score (nSPS) is 24.7. The molecule has 148 valence electrons. The fourth-order valence-electron chi connectivity index (χ4n) is 4.36. The Balaban J connectivity index is 1.46. The highest BCUT2D eigenvalue weighted by Gasteiger charge is 2.47. The van der Waals surface area contributed by atoms with Crippen molar-refractivity contribution in [1.82, 2.24) is 19.9 Å². The number of amides is 1. The number of rotatable bonds is 6. The molecule has 3 aromatic rings. The zero-order chi connectivity index (χ0) is 20.0. The van der Waals surface area contributed by atoms with Gasteiger partial charge in [-0.3, -0.25) is 4.79 Å². The number of fused-ring (bicyclic) bond motifs is 3. The molecule has 2 aromatic heterocycles. The van der Waals surface area contributed by atoms with E-state index in [0.29, 0.717) is 22.9 Å². The second kappa shape index (κ2) is 6.77. The highest BCUT2D eigenvalue weighted by atomic mass is 16.5. The van der Waals surface area contributed by atoms with Crippen LogP contribution in [-0.2, 0) is 4.79 Å². The van der Waals surface area contributed by atoms with Crippen molar-refractivity contribution in [3.63, 3.8) is 0 Å². The van der Waals surface area contributed by atoms with Gasteiger partial charge in [-0.1, -0.05) is 12.2 Å². The fraction of sp³-hybridized carbons (Fsp3) is 0.300. The van der Waals surface area contributed by atoms with E-state index in [1.807, 2.05) is 24.3 Å². The van der Waals surface area contributed by atoms with Gasteiger partial charge < -0.3 is 26.1 Å². The summed E-state index contributed by atoms with van der Waals surface area (Å²) in [6, 6.07) is 7.38. The molecule has 4 atom stereocenters. The number of aromatic amines is 1. The number of nitrogens with one attached hydrogen (secondary N) is 3. The fourth-order valence-corrected chi connectivity index (χ4v) is 4.36. The molecule has 2 aliphatic rings. The average Bonchev–Trinajstić information content (AvgIpc) is 3.44. The highest BCUT2D eigenvalue weighted by Crippen LogP contribution is 2.45. The Bertz CT molecular complexity index is 1090. The summed E-state index contributed by atoms with van der Waals surface area (Å²) in [5.74, 6) is 1.67. The number of allylic oxidation sites excluding steroid dienone is 1. The summed E-state index contributed by atoms with van der Waals surface area (Å²) in [6.07, 6.45) is 6.76. The van der Waals surface area contributed by atoms with E-state index in [9.17, 15) is 4.79 Å². The number of nitrogens with zero attached hydrogens (tertiary/aromatic N) is 3. The molecular weight excluding hydrogens is 370 g/mol. The first-order valence-corrected chi connectivity index (χ1v) is 9.49. The molecule has 5 N–H and O–H groups in total. The lowest BCUT2D eigenvalue weighted by Gasteiger charge is -2.27. The molecule has 0 radical (unpaired) electrons. The zero-order valence-corrected chi connectivity index (χ0v) is 15.8. The van der Waals surface area contributed by atoms with Gasteiger partial charge in [-0.05, 0) is 42.5 Å². The molecule has 9 heteroatoms. The first-order valence-electron chi connectivity index (χ1n) is 9.49. The number of hydrogen-bond acceptors (Lipinski definition) is 7. The predicted octanol–water partition coefficient (Wildman–Crippen LogP) is 2.19. The Hall–Kier alpha value is -3.62. The average molecular weight is 391 g/mol. The molecule has 0 spiro atoms. The van der Waals surface area contributed by atoms with E-state index >= 15 is 0 Å². The van der Waals surface area contributed by atoms with Crippen LogP contribution in [0.4, 0.5) is 17.5 Å². The Morgan fingerprint density at radius 3 is 2.76 bits per heavy atom. The second-order valence-corrected chi connectivity index (χ2v) is 7.40. The minimum absolute atomic E-state index is 0.0993. The minimum Gasteiger partial charge on any atom is -0.497 e. The predicted molar refractivity (Wildman–Crippen MR) is 109 cm³/mol. The summed E-state index contributed by atoms with van der Waals surface area (Å²) >= 11 is 0. The smallest absolute Gasteiger partial charge is 0.231 e. The number of ether oxygens (including phenoxy) is 1. The molecule has 5 rings (SSSR count). The summed E-state index contributed by atoms with van der Waals surface area (Å²) in [5, 5.41) is 6.64. The summed E-state index contributed by atoms with van der Waals surface area (Å²) in [4.78, 5) is 28.5. The van der Waals surface area contributed by atoms with Crippen LogP contribution in [0.25, 0.3) is 11.2 Å². The van der Waals surface area contributed by atoms with E-state index in [-0.39, 0.29) is 29.7 Å². The summed E-state index contributed by atoms with van der Waals surface area (Å²) in [7, 11) is 1.62. The lowest BCUT2D eigenvalue weighted by molar-refractivity contribution is -0.122. The quantitative estimate of drug-likeness (QED) is 0.474. The molecular formula is C20H21N7O2. The lowest BCUT2D eigenvalue weighted by Crippen LogP contribution is -2.41. The number of methoxy groups -OCH3 is 1. The van der Waals surface area contributed by atoms with E-state index in [1.54, 1.807) is 13.4 Å². The molecule has 1 fully saturated rings. The van der Waals surface area contributed by atoms with E-state index in [1.165, 1.54) is 0 Å². The van der Waals surface area contributed by atoms with Crippen molar-refractivity contribution in [3.8, 4) is 5.75 Å². The SMILES string of the molecule is COc1ccc(Nc2nc(NC3C4C=CC(C4)C3C(N)=O)c3[nH]cnc3n2)cc1. The molecule has 0 saturated heterocycles. The van der Waals surface area contributed by atoms with E-state index < -0.39 is 0 Å². The van der Waals surface area contributed by atoms with Gasteiger partial charge in [-0.15, -0.1) is 0 Å². The van der Waals surface area contributed by atoms with Crippen LogP contribution < -0.4 is 21.1 Å². The largest absolute Gasteiger partial charge is 0.497 e. The number of hydrogen-bond donors (Lipinski definition) is 4. The topological polar surface area (TPSA) is 131 Å². The minimum atomic E-state index is -0.286. The second-order valence-electron chi connectivity index (χ2n) is 7.40. The number of H-pyrrole nitrogens is 1. The number of benzene rings is 1. The number of carbonyl (C=O) groups excluding carboxylic acids is 1. The van der Waals surface area contributed by atoms with E-state index in [0.717, 1.165) is 17.9 Å². The summed E-state index contributed by atoms with van der Waals surface area (Å²) in [5.41, 5.74) is 7.74. The maximum Gasteiger partial charge on any atom is 0.231 e. The molecule has 1 amide bonds. The number of primary amides is 1. The van der Waals surface area contributed by atoms with Crippen molar-refractivity contribution in [2.24, 2.45) is 23.5 Å². The van der Waals surface area contributed by atoms with E-state index in [4.69, 9.17) is 10.5 Å². The number of carbonyl (C=O) groups is 1. The van der Waals surface area contributed by atoms with Crippen LogP contribution in [0.15, 0.2) is 42.7 Å². The van der Waals surface area contributed by atoms with Gasteiger partial charge >= 0.3 is 0 Å². The molecule has 9 nitrogen and oxygen atoms in total. The van der Waals surface area contributed by atoms with Gasteiger partial charge in [0.2, 0.25) is 11.9 Å². The Morgan fingerprint density at radius 1 is 1.21 bits per heavy atom. The maximum atomic E-state index is 12.0. The molecule has 4 unspecified atom stereocenters. The van der Waals surface area contributed by atoms with Crippen LogP contribution in [0.5, 0.6) is 5.75 Å². The molecule has 29 heavy (non-hydrogen) atoms. The summed E-state index contributed by atoms with van der Waals surface area (Å²) < 4.78 is 5.19. The van der Waals surface area contributed by atoms with Gasteiger partial charge in [0.25, 0.3) is 0 Å². The number of nitrogens with two attached hydrogens (primary N) is 1. The number of aromatic nitrogens is 4. The van der Waals surface area contributed by atoms with Crippen molar-refractivity contribution in [2.75, 3.05) is 17.7 Å². The molecule has 1 saturated carbocycles. The van der Waals surface area contributed by atoms with Gasteiger partial charge in [-0.25, -0.2) is 4.98 Å². The van der Waals surface area contributed by atoms with Gasteiger partial charge in [0.1, 0.15) is 11.3 Å². The number of anilines is 3. The third kappa shape index (κ3) is 3.04. The highest BCUT2D eigenvalue weighted by molar-refractivity contribution is 5.85. The molecule has 1 aromatic carbocycles. The van der Waals surface area contributed by atoms with Gasteiger partial charge in [-0.2, -0.15) is 9.97 Å². The molecule has 2 aliphatic carbocycles. The first-order chi connectivity index (χ1) is 14.1. The van der Waals surface area contributed by atoms with Crippen molar-refractivity contribution in [1.29, 1.82) is 0 Å². The zero-order valence-electron chi connectivity index (χ0n) is 15.8. The monoisotopic (exact) mass is 391 g/mol. The molecule has 0 aliphatic heterocycles. The standard InChI is InChI=1S/C20H21N7O2/c1-29-13-6-4-12(5-7-13)24-20-26-18-16(22-9-23-18)19(27-20)25-15-11-3-2-10(8-11)14(15)17(21)28/h2-7,9-11,14-15H,8H2,1H3,(H2,21,28)(H3,22,23,24,25,26,27). The third-order valence-electron chi connectivity index (χ3n) is 5.72. The summed E-state index contributed by atoms with van der Waals surface area (Å²) in [6.45, 7) is 0. The molecule has 2 heterocycles. The third-order valence-corrected chi connectivity index (χ3v) is 5.72. The van der Waals surface area contributed by atoms with Crippen molar-refractivity contribution < 1.29 is 9.53 Å². The van der Waals surface area contributed by atoms with Crippen LogP contribution in [0, 0.1) is 17.8 Å².